The van der Waals surface area contributed by atoms with Crippen molar-refractivity contribution in [3.63, 3.8) is 0 Å². The third-order valence-corrected chi connectivity index (χ3v) is 6.67. The van der Waals surface area contributed by atoms with E-state index in [1.165, 1.54) is 4.90 Å². The molecule has 1 fully saturated rings. The zero-order valence-corrected chi connectivity index (χ0v) is 16.8. The second-order valence-electron chi connectivity index (χ2n) is 6.77. The van der Waals surface area contributed by atoms with Crippen molar-refractivity contribution in [2.24, 2.45) is 0 Å². The Morgan fingerprint density at radius 2 is 1.56 bits per heavy atom. The van der Waals surface area contributed by atoms with E-state index in [1.54, 1.807) is 11.8 Å². The van der Waals surface area contributed by atoms with Gasteiger partial charge in [0.2, 0.25) is 0 Å². The SMILES string of the molecule is CSC(=S)N1CCN(CCN2C(=O)c3cccc4cccc(c34)C2=O)CC1. The number of benzene rings is 2. The highest BCUT2D eigenvalue weighted by Crippen LogP contribution is 2.29. The van der Waals surface area contributed by atoms with E-state index in [-0.39, 0.29) is 11.8 Å². The van der Waals surface area contributed by atoms with Crippen LogP contribution in [-0.4, -0.2) is 76.4 Å². The molecule has 2 heterocycles. The zero-order valence-electron chi connectivity index (χ0n) is 15.2. The number of rotatable bonds is 3. The number of hydrogen-bond donors (Lipinski definition) is 0. The Kier molecular flexibility index (Phi) is 5.16. The molecule has 5 nitrogen and oxygen atoms in total. The fourth-order valence-corrected chi connectivity index (χ4v) is 4.43. The molecule has 1 saturated heterocycles. The maximum absolute atomic E-state index is 12.9. The lowest BCUT2D eigenvalue weighted by Gasteiger charge is -2.36. The summed E-state index contributed by atoms with van der Waals surface area (Å²) in [5, 5.41) is 1.72. The average molecular weight is 400 g/mol. The van der Waals surface area contributed by atoms with Crippen molar-refractivity contribution >= 4 is 50.9 Å². The van der Waals surface area contributed by atoms with Gasteiger partial charge in [-0.15, -0.1) is 11.8 Å². The number of carbonyl (C=O) groups is 2. The molecule has 0 aromatic heterocycles. The fourth-order valence-electron chi connectivity index (χ4n) is 3.81. The minimum absolute atomic E-state index is 0.188. The molecular formula is C20H21N3O2S2. The van der Waals surface area contributed by atoms with E-state index < -0.39 is 0 Å². The van der Waals surface area contributed by atoms with Crippen molar-refractivity contribution in [2.45, 2.75) is 0 Å². The van der Waals surface area contributed by atoms with Crippen LogP contribution in [0.1, 0.15) is 20.7 Å². The van der Waals surface area contributed by atoms with Crippen LogP contribution in [-0.2, 0) is 0 Å². The number of piperazine rings is 1. The maximum atomic E-state index is 12.9. The molecule has 0 aliphatic carbocycles. The molecule has 0 saturated carbocycles. The molecule has 0 unspecified atom stereocenters. The van der Waals surface area contributed by atoms with Crippen molar-refractivity contribution in [1.82, 2.24) is 14.7 Å². The van der Waals surface area contributed by atoms with Gasteiger partial charge in [-0.3, -0.25) is 19.4 Å². The van der Waals surface area contributed by atoms with E-state index in [2.05, 4.69) is 9.80 Å². The van der Waals surface area contributed by atoms with Crippen LogP contribution in [0.5, 0.6) is 0 Å². The molecule has 4 rings (SSSR count). The summed E-state index contributed by atoms with van der Waals surface area (Å²) in [5.74, 6) is -0.377. The summed E-state index contributed by atoms with van der Waals surface area (Å²) in [7, 11) is 0. The molecule has 7 heteroatoms. The summed E-state index contributed by atoms with van der Waals surface area (Å²) in [6, 6.07) is 11.3. The van der Waals surface area contributed by atoms with Gasteiger partial charge in [0.1, 0.15) is 4.32 Å². The Morgan fingerprint density at radius 1 is 0.963 bits per heavy atom. The summed E-state index contributed by atoms with van der Waals surface area (Å²) in [5.41, 5.74) is 1.25. The van der Waals surface area contributed by atoms with E-state index in [1.807, 2.05) is 42.7 Å². The van der Waals surface area contributed by atoms with E-state index in [9.17, 15) is 9.59 Å². The maximum Gasteiger partial charge on any atom is 0.261 e. The van der Waals surface area contributed by atoms with E-state index in [4.69, 9.17) is 12.2 Å². The van der Waals surface area contributed by atoms with Gasteiger partial charge in [-0.2, -0.15) is 0 Å². The topological polar surface area (TPSA) is 43.9 Å². The van der Waals surface area contributed by atoms with Crippen molar-refractivity contribution in [2.75, 3.05) is 45.5 Å². The molecule has 0 spiro atoms. The van der Waals surface area contributed by atoms with Gasteiger partial charge in [-0.25, -0.2) is 0 Å². The van der Waals surface area contributed by atoms with Crippen LogP contribution in [0.15, 0.2) is 36.4 Å². The lowest BCUT2D eigenvalue weighted by Crippen LogP contribution is -2.51. The third kappa shape index (κ3) is 3.35. The van der Waals surface area contributed by atoms with Crippen molar-refractivity contribution in [1.29, 1.82) is 0 Å². The van der Waals surface area contributed by atoms with Crippen LogP contribution in [0, 0.1) is 0 Å². The number of amides is 2. The van der Waals surface area contributed by atoms with Gasteiger partial charge in [0.15, 0.2) is 0 Å². The minimum Gasteiger partial charge on any atom is -0.355 e. The van der Waals surface area contributed by atoms with Gasteiger partial charge in [0, 0.05) is 55.8 Å². The second-order valence-corrected chi connectivity index (χ2v) is 8.21. The minimum atomic E-state index is -0.188. The number of hydrogen-bond acceptors (Lipinski definition) is 5. The standard InChI is InChI=1S/C20H21N3O2S2/c1-27-20(26)22-11-8-21(9-12-22)10-13-23-18(24)15-6-2-4-14-5-3-7-16(17(14)15)19(23)25/h2-7H,8-13H2,1H3. The Labute approximate surface area is 168 Å². The second kappa shape index (κ2) is 7.58. The van der Waals surface area contributed by atoms with Gasteiger partial charge < -0.3 is 4.90 Å². The molecule has 0 atom stereocenters. The lowest BCUT2D eigenvalue weighted by molar-refractivity contribution is 0.0583. The number of nitrogens with zero attached hydrogens (tertiary/aromatic N) is 3. The predicted molar refractivity (Wildman–Crippen MR) is 113 cm³/mol. The first kappa shape index (κ1) is 18.4. The smallest absolute Gasteiger partial charge is 0.261 e. The monoisotopic (exact) mass is 399 g/mol. The number of imide groups is 1. The van der Waals surface area contributed by atoms with Crippen LogP contribution < -0.4 is 0 Å². The first-order valence-corrected chi connectivity index (χ1v) is 10.7. The molecule has 140 valence electrons. The molecular weight excluding hydrogens is 378 g/mol. The quantitative estimate of drug-likeness (QED) is 0.584. The highest BCUT2D eigenvalue weighted by molar-refractivity contribution is 8.22. The molecule has 0 radical (unpaired) electrons. The highest BCUT2D eigenvalue weighted by Gasteiger charge is 2.32. The summed E-state index contributed by atoms with van der Waals surface area (Å²) in [6.07, 6.45) is 2.00. The molecule has 0 N–H and O–H groups in total. The molecule has 2 aromatic rings. The van der Waals surface area contributed by atoms with Gasteiger partial charge >= 0.3 is 0 Å². The largest absolute Gasteiger partial charge is 0.355 e. The number of thiocarbonyl (C=S) groups is 1. The van der Waals surface area contributed by atoms with Crippen LogP contribution in [0.2, 0.25) is 0 Å². The summed E-state index contributed by atoms with van der Waals surface area (Å²) in [4.78, 5) is 31.8. The van der Waals surface area contributed by atoms with Crippen molar-refractivity contribution < 1.29 is 9.59 Å². The third-order valence-electron chi connectivity index (χ3n) is 5.30. The Morgan fingerprint density at radius 3 is 2.11 bits per heavy atom. The van der Waals surface area contributed by atoms with Gasteiger partial charge in [0.05, 0.1) is 0 Å². The first-order chi connectivity index (χ1) is 13.1. The van der Waals surface area contributed by atoms with Crippen molar-refractivity contribution in [3.8, 4) is 0 Å². The molecule has 2 aliphatic heterocycles. The Bertz CT molecular complexity index is 872. The molecule has 2 aromatic carbocycles. The first-order valence-electron chi connectivity index (χ1n) is 9.03. The Balaban J connectivity index is 1.46. The summed E-state index contributed by atoms with van der Waals surface area (Å²) in [6.45, 7) is 4.67. The van der Waals surface area contributed by atoms with E-state index in [0.29, 0.717) is 24.2 Å². The number of thioether (sulfide) groups is 1. The molecule has 27 heavy (non-hydrogen) atoms. The van der Waals surface area contributed by atoms with Gasteiger partial charge in [0.25, 0.3) is 11.8 Å². The van der Waals surface area contributed by atoms with Gasteiger partial charge in [-0.1, -0.05) is 36.5 Å². The molecule has 2 amide bonds. The highest BCUT2D eigenvalue weighted by atomic mass is 32.2. The lowest BCUT2D eigenvalue weighted by atomic mass is 9.94. The van der Waals surface area contributed by atoms with Crippen LogP contribution >= 0.6 is 24.0 Å². The normalized spacial score (nSPS) is 17.7. The fraction of sp³-hybridized carbons (Fsp3) is 0.350. The Hall–Kier alpha value is -1.96. The number of carbonyl (C=O) groups excluding carboxylic acids is 2. The van der Waals surface area contributed by atoms with Crippen LogP contribution in [0.25, 0.3) is 10.8 Å². The van der Waals surface area contributed by atoms with E-state index in [0.717, 1.165) is 41.3 Å². The van der Waals surface area contributed by atoms with Crippen molar-refractivity contribution in [3.05, 3.63) is 47.5 Å². The molecule has 0 bridgehead atoms. The summed E-state index contributed by atoms with van der Waals surface area (Å²) >= 11 is 6.95. The zero-order chi connectivity index (χ0) is 19.0. The average Bonchev–Trinajstić information content (AvgIpc) is 2.71. The van der Waals surface area contributed by atoms with Crippen LogP contribution in [0.4, 0.5) is 0 Å². The summed E-state index contributed by atoms with van der Waals surface area (Å²) < 4.78 is 0.931. The van der Waals surface area contributed by atoms with E-state index >= 15 is 0 Å². The predicted octanol–water partition coefficient (Wildman–Crippen LogP) is 2.70. The van der Waals surface area contributed by atoms with Crippen LogP contribution in [0.3, 0.4) is 0 Å². The molecule has 2 aliphatic rings. The van der Waals surface area contributed by atoms with Gasteiger partial charge in [-0.05, 0) is 23.8 Å².